The van der Waals surface area contributed by atoms with Crippen LogP contribution in [0.25, 0.3) is 0 Å². The van der Waals surface area contributed by atoms with E-state index in [1.165, 1.54) is 44.9 Å². The lowest BCUT2D eigenvalue weighted by atomic mass is 10.1. The molecule has 60 heavy (non-hydrogen) atoms. The van der Waals surface area contributed by atoms with E-state index in [2.05, 4.69) is 118 Å². The SMILES string of the molecule is CC/C=C\C/C=C\C/C=C\C/C=C\CCCCCCCCC(=O)OCC(COC(=O)CCCCCCCCCC)OC(=O)CCCC/C=C\C/C=C\C/C=C\C/C=C\CC. The molecule has 0 aliphatic carbocycles. The normalized spacial score (nSPS) is 12.9. The molecule has 6 heteroatoms. The zero-order valence-corrected chi connectivity index (χ0v) is 38.7. The Bertz CT molecular complexity index is 1230. The van der Waals surface area contributed by atoms with Gasteiger partial charge in [0.25, 0.3) is 0 Å². The van der Waals surface area contributed by atoms with E-state index >= 15 is 0 Å². The highest BCUT2D eigenvalue weighted by Crippen LogP contribution is 2.13. The molecule has 0 aliphatic rings. The molecule has 0 aromatic heterocycles. The molecule has 1 unspecified atom stereocenters. The van der Waals surface area contributed by atoms with Crippen molar-refractivity contribution in [1.29, 1.82) is 0 Å². The summed E-state index contributed by atoms with van der Waals surface area (Å²) in [5.74, 6) is -0.967. The first-order valence-corrected chi connectivity index (χ1v) is 24.2. The third kappa shape index (κ3) is 45.4. The molecular formula is C54H88O6. The molecule has 0 amide bonds. The van der Waals surface area contributed by atoms with Gasteiger partial charge in [-0.05, 0) is 96.3 Å². The Kier molecular flexibility index (Phi) is 45.1. The summed E-state index contributed by atoms with van der Waals surface area (Å²) in [6.45, 7) is 6.31. The van der Waals surface area contributed by atoms with E-state index in [1.807, 2.05) is 0 Å². The summed E-state index contributed by atoms with van der Waals surface area (Å²) >= 11 is 0. The van der Waals surface area contributed by atoms with Gasteiger partial charge in [-0.25, -0.2) is 0 Å². The third-order valence-corrected chi connectivity index (χ3v) is 9.83. The molecule has 6 nitrogen and oxygen atoms in total. The lowest BCUT2D eigenvalue weighted by Crippen LogP contribution is -2.30. The average Bonchev–Trinajstić information content (AvgIpc) is 3.24. The fourth-order valence-electron chi connectivity index (χ4n) is 6.25. The standard InChI is InChI=1S/C54H88O6/c1-4-7-10-13-16-19-21-23-25-26-27-28-30-31-33-35-38-41-44-47-53(56)59-50-51(49-58-52(55)46-43-40-37-18-15-12-9-6-3)60-54(57)48-45-42-39-36-34-32-29-24-22-20-17-14-11-8-5-2/h7-8,10-11,16-17,19-20,23-25,27-29,34,36,51H,4-6,9,12-15,18,21-22,26,30-33,35,37-50H2,1-3H3/b10-7-,11-8-,19-16-,20-17-,25-23-,28-27-,29-24-,36-34-. The van der Waals surface area contributed by atoms with Gasteiger partial charge >= 0.3 is 17.9 Å². The Labute approximate surface area is 368 Å². The summed E-state index contributed by atoms with van der Waals surface area (Å²) in [5, 5.41) is 0. The molecule has 0 spiro atoms. The number of esters is 3. The van der Waals surface area contributed by atoms with Crippen LogP contribution >= 0.6 is 0 Å². The largest absolute Gasteiger partial charge is 0.462 e. The first kappa shape index (κ1) is 56.3. The van der Waals surface area contributed by atoms with E-state index in [4.69, 9.17) is 14.2 Å². The molecule has 0 bridgehead atoms. The first-order chi connectivity index (χ1) is 29.5. The molecular weight excluding hydrogens is 745 g/mol. The second-order valence-electron chi connectivity index (χ2n) is 15.6. The fourth-order valence-corrected chi connectivity index (χ4v) is 6.25. The van der Waals surface area contributed by atoms with Gasteiger partial charge in [0, 0.05) is 19.3 Å². The topological polar surface area (TPSA) is 78.9 Å². The smallest absolute Gasteiger partial charge is 0.306 e. The van der Waals surface area contributed by atoms with Crippen molar-refractivity contribution in [3.63, 3.8) is 0 Å². The van der Waals surface area contributed by atoms with E-state index in [0.29, 0.717) is 19.3 Å². The van der Waals surface area contributed by atoms with Crippen LogP contribution in [0, 0.1) is 0 Å². The summed E-state index contributed by atoms with van der Waals surface area (Å²) in [5.41, 5.74) is 0. The van der Waals surface area contributed by atoms with Gasteiger partial charge in [0.15, 0.2) is 6.10 Å². The van der Waals surface area contributed by atoms with E-state index in [9.17, 15) is 14.4 Å². The molecule has 340 valence electrons. The van der Waals surface area contributed by atoms with Gasteiger partial charge in [-0.2, -0.15) is 0 Å². The Morgan fingerprint density at radius 3 is 1.05 bits per heavy atom. The lowest BCUT2D eigenvalue weighted by molar-refractivity contribution is -0.167. The molecule has 0 rings (SSSR count). The molecule has 0 fully saturated rings. The molecule has 0 aromatic rings. The zero-order chi connectivity index (χ0) is 43.7. The number of rotatable bonds is 42. The van der Waals surface area contributed by atoms with Crippen LogP contribution in [0.2, 0.25) is 0 Å². The number of hydrogen-bond acceptors (Lipinski definition) is 6. The first-order valence-electron chi connectivity index (χ1n) is 24.2. The molecule has 0 heterocycles. The number of ether oxygens (including phenoxy) is 3. The molecule has 0 N–H and O–H groups in total. The Morgan fingerprint density at radius 1 is 0.350 bits per heavy atom. The average molecular weight is 833 g/mol. The Hall–Kier alpha value is -3.67. The quantitative estimate of drug-likeness (QED) is 0.0264. The number of unbranched alkanes of at least 4 members (excludes halogenated alkanes) is 15. The highest BCUT2D eigenvalue weighted by atomic mass is 16.6. The van der Waals surface area contributed by atoms with Gasteiger partial charge in [-0.15, -0.1) is 0 Å². The van der Waals surface area contributed by atoms with Crippen LogP contribution in [0.3, 0.4) is 0 Å². The number of hydrogen-bond donors (Lipinski definition) is 0. The van der Waals surface area contributed by atoms with Crippen LogP contribution in [0.1, 0.15) is 207 Å². The van der Waals surface area contributed by atoms with Crippen molar-refractivity contribution in [2.45, 2.75) is 213 Å². The third-order valence-electron chi connectivity index (χ3n) is 9.83. The summed E-state index contributed by atoms with van der Waals surface area (Å²) < 4.78 is 16.7. The molecule has 0 aliphatic heterocycles. The number of allylic oxidation sites excluding steroid dienone is 16. The van der Waals surface area contributed by atoms with Crippen LogP contribution < -0.4 is 0 Å². The van der Waals surface area contributed by atoms with Crippen molar-refractivity contribution in [3.8, 4) is 0 Å². The maximum absolute atomic E-state index is 12.7. The van der Waals surface area contributed by atoms with Gasteiger partial charge in [0.05, 0.1) is 0 Å². The van der Waals surface area contributed by atoms with Crippen molar-refractivity contribution in [2.24, 2.45) is 0 Å². The van der Waals surface area contributed by atoms with Crippen LogP contribution in [-0.4, -0.2) is 37.2 Å². The lowest BCUT2D eigenvalue weighted by Gasteiger charge is -2.18. The molecule has 0 saturated heterocycles. The van der Waals surface area contributed by atoms with E-state index in [1.54, 1.807) is 0 Å². The maximum Gasteiger partial charge on any atom is 0.306 e. The second-order valence-corrected chi connectivity index (χ2v) is 15.6. The van der Waals surface area contributed by atoms with Crippen LogP contribution in [0.5, 0.6) is 0 Å². The van der Waals surface area contributed by atoms with Crippen LogP contribution in [-0.2, 0) is 28.6 Å². The Balaban J connectivity index is 4.41. The van der Waals surface area contributed by atoms with E-state index in [-0.39, 0.29) is 37.5 Å². The highest BCUT2D eigenvalue weighted by Gasteiger charge is 2.19. The fraction of sp³-hybridized carbons (Fsp3) is 0.648. The predicted octanol–water partition coefficient (Wildman–Crippen LogP) is 15.8. The summed E-state index contributed by atoms with van der Waals surface area (Å²) in [7, 11) is 0. The Morgan fingerprint density at radius 2 is 0.650 bits per heavy atom. The van der Waals surface area contributed by atoms with Gasteiger partial charge in [0.2, 0.25) is 0 Å². The van der Waals surface area contributed by atoms with Crippen LogP contribution in [0.15, 0.2) is 97.2 Å². The van der Waals surface area contributed by atoms with Gasteiger partial charge in [0.1, 0.15) is 13.2 Å². The molecule has 0 saturated carbocycles. The number of carbonyl (C=O) groups is 3. The van der Waals surface area contributed by atoms with Crippen molar-refractivity contribution in [1.82, 2.24) is 0 Å². The van der Waals surface area contributed by atoms with Crippen molar-refractivity contribution < 1.29 is 28.6 Å². The van der Waals surface area contributed by atoms with E-state index in [0.717, 1.165) is 116 Å². The summed E-state index contributed by atoms with van der Waals surface area (Å²) in [6.07, 6.45) is 62.6. The van der Waals surface area contributed by atoms with Crippen molar-refractivity contribution in [3.05, 3.63) is 97.2 Å². The molecule has 0 radical (unpaired) electrons. The predicted molar refractivity (Wildman–Crippen MR) is 256 cm³/mol. The van der Waals surface area contributed by atoms with Gasteiger partial charge in [-0.1, -0.05) is 189 Å². The minimum atomic E-state index is -0.802. The zero-order valence-electron chi connectivity index (χ0n) is 38.7. The van der Waals surface area contributed by atoms with Crippen molar-refractivity contribution in [2.75, 3.05) is 13.2 Å². The molecule has 0 aromatic carbocycles. The molecule has 1 atom stereocenters. The minimum absolute atomic E-state index is 0.0995. The van der Waals surface area contributed by atoms with Crippen molar-refractivity contribution >= 4 is 17.9 Å². The highest BCUT2D eigenvalue weighted by molar-refractivity contribution is 5.71. The second kappa shape index (κ2) is 48.0. The monoisotopic (exact) mass is 833 g/mol. The van der Waals surface area contributed by atoms with Gasteiger partial charge in [-0.3, -0.25) is 14.4 Å². The van der Waals surface area contributed by atoms with E-state index < -0.39 is 6.10 Å². The summed E-state index contributed by atoms with van der Waals surface area (Å²) in [4.78, 5) is 37.8. The minimum Gasteiger partial charge on any atom is -0.462 e. The maximum atomic E-state index is 12.7. The number of carbonyl (C=O) groups excluding carboxylic acids is 3. The summed E-state index contributed by atoms with van der Waals surface area (Å²) in [6, 6.07) is 0. The van der Waals surface area contributed by atoms with Crippen LogP contribution in [0.4, 0.5) is 0 Å². The van der Waals surface area contributed by atoms with Gasteiger partial charge < -0.3 is 14.2 Å².